The van der Waals surface area contributed by atoms with Gasteiger partial charge in [-0.1, -0.05) is 47.5 Å². The highest BCUT2D eigenvalue weighted by Crippen LogP contribution is 2.27. The standard InChI is InChI=1S/C24H23Cl2N3O3/c25-21-8-2-5-18(22(21)26)16-32-19-6-1-4-17(14-19)15-28-10-12-29(13-11-28)23-20(24(30)31)7-3-9-27-23/h1-9,14H,10-13,15-16H2,(H,30,31). The topological polar surface area (TPSA) is 65.9 Å². The summed E-state index contributed by atoms with van der Waals surface area (Å²) < 4.78 is 5.93. The number of carbonyl (C=O) groups is 1. The van der Waals surface area contributed by atoms with Crippen molar-refractivity contribution in [3.8, 4) is 5.75 Å². The fourth-order valence-electron chi connectivity index (χ4n) is 3.75. The number of carboxylic acid groups (broad SMARTS) is 1. The number of piperazine rings is 1. The van der Waals surface area contributed by atoms with E-state index in [1.165, 1.54) is 0 Å². The van der Waals surface area contributed by atoms with Crippen LogP contribution in [0.4, 0.5) is 5.82 Å². The molecule has 0 saturated carbocycles. The lowest BCUT2D eigenvalue weighted by atomic mass is 10.1. The van der Waals surface area contributed by atoms with Crippen molar-refractivity contribution in [1.29, 1.82) is 0 Å². The van der Waals surface area contributed by atoms with Crippen LogP contribution in [0.2, 0.25) is 10.0 Å². The minimum Gasteiger partial charge on any atom is -0.489 e. The molecule has 2 heterocycles. The number of aromatic nitrogens is 1. The third kappa shape index (κ3) is 5.33. The minimum absolute atomic E-state index is 0.241. The molecule has 0 unspecified atom stereocenters. The first-order valence-corrected chi connectivity index (χ1v) is 11.1. The summed E-state index contributed by atoms with van der Waals surface area (Å²) in [4.78, 5) is 20.1. The number of carboxylic acids is 1. The molecule has 0 radical (unpaired) electrons. The Morgan fingerprint density at radius 2 is 1.81 bits per heavy atom. The Labute approximate surface area is 197 Å². The molecule has 0 amide bonds. The summed E-state index contributed by atoms with van der Waals surface area (Å²) in [6.45, 7) is 4.22. The van der Waals surface area contributed by atoms with Gasteiger partial charge in [0.1, 0.15) is 23.7 Å². The molecule has 166 valence electrons. The summed E-state index contributed by atoms with van der Waals surface area (Å²) in [5.41, 5.74) is 2.23. The van der Waals surface area contributed by atoms with Crippen LogP contribution in [-0.2, 0) is 13.2 Å². The zero-order valence-corrected chi connectivity index (χ0v) is 18.9. The molecule has 8 heteroatoms. The van der Waals surface area contributed by atoms with Crippen LogP contribution in [0, 0.1) is 0 Å². The molecule has 3 aromatic rings. The zero-order chi connectivity index (χ0) is 22.5. The van der Waals surface area contributed by atoms with Crippen LogP contribution >= 0.6 is 23.2 Å². The third-order valence-electron chi connectivity index (χ3n) is 5.42. The van der Waals surface area contributed by atoms with Gasteiger partial charge in [-0.25, -0.2) is 9.78 Å². The fourth-order valence-corrected chi connectivity index (χ4v) is 4.12. The maximum Gasteiger partial charge on any atom is 0.339 e. The summed E-state index contributed by atoms with van der Waals surface area (Å²) in [5, 5.41) is 10.4. The van der Waals surface area contributed by atoms with Crippen molar-refractivity contribution in [3.05, 3.63) is 87.5 Å². The summed E-state index contributed by atoms with van der Waals surface area (Å²) in [6, 6.07) is 16.8. The van der Waals surface area contributed by atoms with Gasteiger partial charge in [-0.15, -0.1) is 0 Å². The Hall–Kier alpha value is -2.80. The van der Waals surface area contributed by atoms with Crippen molar-refractivity contribution in [3.63, 3.8) is 0 Å². The lowest BCUT2D eigenvalue weighted by Crippen LogP contribution is -2.46. The molecular formula is C24H23Cl2N3O3. The number of benzene rings is 2. The van der Waals surface area contributed by atoms with E-state index in [1.807, 2.05) is 35.2 Å². The molecule has 0 aliphatic carbocycles. The molecule has 0 bridgehead atoms. The van der Waals surface area contributed by atoms with Gasteiger partial charge in [0.2, 0.25) is 0 Å². The van der Waals surface area contributed by atoms with Crippen molar-refractivity contribution in [2.45, 2.75) is 13.2 Å². The first-order chi connectivity index (χ1) is 15.5. The van der Waals surface area contributed by atoms with Gasteiger partial charge in [-0.3, -0.25) is 4.90 Å². The van der Waals surface area contributed by atoms with E-state index in [2.05, 4.69) is 16.0 Å². The fraction of sp³-hybridized carbons (Fsp3) is 0.250. The summed E-state index contributed by atoms with van der Waals surface area (Å²) in [6.07, 6.45) is 1.64. The van der Waals surface area contributed by atoms with Gasteiger partial charge in [0.25, 0.3) is 0 Å². The van der Waals surface area contributed by atoms with Crippen LogP contribution in [0.5, 0.6) is 5.75 Å². The molecular weight excluding hydrogens is 449 g/mol. The predicted octanol–water partition coefficient (Wildman–Crippen LogP) is 4.99. The Balaban J connectivity index is 1.34. The van der Waals surface area contributed by atoms with Crippen LogP contribution in [0.15, 0.2) is 60.8 Å². The van der Waals surface area contributed by atoms with Crippen molar-refractivity contribution < 1.29 is 14.6 Å². The average molecular weight is 472 g/mol. The Bertz CT molecular complexity index is 1100. The molecule has 1 saturated heterocycles. The second kappa shape index (κ2) is 10.2. The highest BCUT2D eigenvalue weighted by atomic mass is 35.5. The number of rotatable bonds is 7. The van der Waals surface area contributed by atoms with Gasteiger partial charge >= 0.3 is 5.97 Å². The van der Waals surface area contributed by atoms with E-state index >= 15 is 0 Å². The lowest BCUT2D eigenvalue weighted by Gasteiger charge is -2.35. The maximum atomic E-state index is 11.5. The largest absolute Gasteiger partial charge is 0.489 e. The molecule has 1 aliphatic heterocycles. The van der Waals surface area contributed by atoms with Gasteiger partial charge in [0, 0.05) is 44.5 Å². The molecule has 1 aromatic heterocycles. The van der Waals surface area contributed by atoms with Gasteiger partial charge in [0.05, 0.1) is 10.0 Å². The zero-order valence-electron chi connectivity index (χ0n) is 17.4. The average Bonchev–Trinajstić information content (AvgIpc) is 2.81. The van der Waals surface area contributed by atoms with Crippen molar-refractivity contribution in [2.24, 2.45) is 0 Å². The van der Waals surface area contributed by atoms with Crippen LogP contribution in [0.25, 0.3) is 0 Å². The number of hydrogen-bond acceptors (Lipinski definition) is 5. The first-order valence-electron chi connectivity index (χ1n) is 10.3. The quantitative estimate of drug-likeness (QED) is 0.523. The van der Waals surface area contributed by atoms with E-state index in [4.69, 9.17) is 27.9 Å². The monoisotopic (exact) mass is 471 g/mol. The number of nitrogens with zero attached hydrogens (tertiary/aromatic N) is 3. The van der Waals surface area contributed by atoms with Crippen LogP contribution in [-0.4, -0.2) is 47.1 Å². The summed E-state index contributed by atoms with van der Waals surface area (Å²) in [7, 11) is 0. The van der Waals surface area contributed by atoms with Gasteiger partial charge < -0.3 is 14.7 Å². The number of anilines is 1. The van der Waals surface area contributed by atoms with Gasteiger partial charge in [0.15, 0.2) is 0 Å². The maximum absolute atomic E-state index is 11.5. The lowest BCUT2D eigenvalue weighted by molar-refractivity contribution is 0.0697. The second-order valence-corrected chi connectivity index (χ2v) is 8.38. The molecule has 0 spiro atoms. The van der Waals surface area contributed by atoms with E-state index < -0.39 is 5.97 Å². The molecule has 1 aliphatic rings. The normalized spacial score (nSPS) is 14.4. The van der Waals surface area contributed by atoms with E-state index in [1.54, 1.807) is 24.4 Å². The molecule has 2 aromatic carbocycles. The molecule has 0 atom stereocenters. The van der Waals surface area contributed by atoms with Crippen molar-refractivity contribution in [2.75, 3.05) is 31.1 Å². The first kappa shape index (κ1) is 22.4. The highest BCUT2D eigenvalue weighted by molar-refractivity contribution is 6.42. The number of ether oxygens (including phenoxy) is 1. The summed E-state index contributed by atoms with van der Waals surface area (Å²) in [5.74, 6) is 0.359. The van der Waals surface area contributed by atoms with Gasteiger partial charge in [-0.05, 0) is 35.9 Å². The Morgan fingerprint density at radius 1 is 1.03 bits per heavy atom. The van der Waals surface area contributed by atoms with Crippen molar-refractivity contribution in [1.82, 2.24) is 9.88 Å². The molecule has 4 rings (SSSR count). The van der Waals surface area contributed by atoms with Crippen LogP contribution < -0.4 is 9.64 Å². The molecule has 32 heavy (non-hydrogen) atoms. The smallest absolute Gasteiger partial charge is 0.339 e. The van der Waals surface area contributed by atoms with Crippen LogP contribution in [0.1, 0.15) is 21.5 Å². The molecule has 1 fully saturated rings. The van der Waals surface area contributed by atoms with E-state index in [0.29, 0.717) is 22.5 Å². The van der Waals surface area contributed by atoms with E-state index in [9.17, 15) is 9.90 Å². The SMILES string of the molecule is O=C(O)c1cccnc1N1CCN(Cc2cccc(OCc3cccc(Cl)c3Cl)c2)CC1. The predicted molar refractivity (Wildman–Crippen MR) is 126 cm³/mol. The number of hydrogen-bond donors (Lipinski definition) is 1. The number of pyridine rings is 1. The highest BCUT2D eigenvalue weighted by Gasteiger charge is 2.22. The Morgan fingerprint density at radius 3 is 2.59 bits per heavy atom. The van der Waals surface area contributed by atoms with Gasteiger partial charge in [-0.2, -0.15) is 0 Å². The summed E-state index contributed by atoms with van der Waals surface area (Å²) >= 11 is 12.3. The number of halogens is 2. The van der Waals surface area contributed by atoms with Crippen molar-refractivity contribution >= 4 is 35.0 Å². The van der Waals surface area contributed by atoms with Crippen LogP contribution in [0.3, 0.4) is 0 Å². The number of aromatic carboxylic acids is 1. The van der Waals surface area contributed by atoms with E-state index in [0.717, 1.165) is 49.6 Å². The Kier molecular flexibility index (Phi) is 7.15. The molecule has 6 nitrogen and oxygen atoms in total. The minimum atomic E-state index is -0.952. The van der Waals surface area contributed by atoms with E-state index in [-0.39, 0.29) is 5.56 Å². The molecule has 1 N–H and O–H groups in total. The third-order valence-corrected chi connectivity index (χ3v) is 6.28. The second-order valence-electron chi connectivity index (χ2n) is 7.59.